The van der Waals surface area contributed by atoms with Crippen LogP contribution in [0.3, 0.4) is 0 Å². The first-order chi connectivity index (χ1) is 14.2. The fourth-order valence-electron chi connectivity index (χ4n) is 3.10. The molecule has 0 unspecified atom stereocenters. The van der Waals surface area contributed by atoms with Gasteiger partial charge in [-0.3, -0.25) is 16.1 Å². The van der Waals surface area contributed by atoms with Gasteiger partial charge in [0.25, 0.3) is 0 Å². The molecule has 0 amide bonds. The molecule has 0 fully saturated rings. The van der Waals surface area contributed by atoms with Crippen LogP contribution in [0.1, 0.15) is 11.1 Å². The third kappa shape index (κ3) is 4.06. The van der Waals surface area contributed by atoms with E-state index in [0.717, 1.165) is 18.2 Å². The van der Waals surface area contributed by atoms with Crippen molar-refractivity contribution < 1.29 is 32.6 Å². The summed E-state index contributed by atoms with van der Waals surface area (Å²) < 4.78 is 60.0. The maximum atomic E-state index is 14.1. The van der Waals surface area contributed by atoms with E-state index in [1.54, 1.807) is 5.48 Å². The summed E-state index contributed by atoms with van der Waals surface area (Å²) >= 11 is 0. The number of methoxy groups -OCH3 is 1. The molecule has 0 radical (unpaired) electrons. The fourth-order valence-corrected chi connectivity index (χ4v) is 3.10. The smallest absolute Gasteiger partial charge is 0.416 e. The zero-order valence-corrected chi connectivity index (χ0v) is 15.5. The first-order valence-corrected chi connectivity index (χ1v) is 8.53. The van der Waals surface area contributed by atoms with E-state index < -0.39 is 23.4 Å². The Morgan fingerprint density at radius 3 is 2.23 bits per heavy atom. The molecule has 0 aromatic heterocycles. The first-order valence-electron chi connectivity index (χ1n) is 8.53. The summed E-state index contributed by atoms with van der Waals surface area (Å²) in [5.41, 5.74) is 0.561. The first kappa shape index (κ1) is 21.1. The maximum Gasteiger partial charge on any atom is 0.416 e. The average molecular weight is 420 g/mol. The Morgan fingerprint density at radius 1 is 1.00 bits per heavy atom. The van der Waals surface area contributed by atoms with Gasteiger partial charge in [0.2, 0.25) is 0 Å². The molecule has 156 valence electrons. The van der Waals surface area contributed by atoms with Crippen molar-refractivity contribution >= 4 is 5.84 Å². The van der Waals surface area contributed by atoms with Gasteiger partial charge in [0.1, 0.15) is 23.2 Å². The van der Waals surface area contributed by atoms with Crippen LogP contribution in [0.2, 0.25) is 0 Å². The Hall–Kier alpha value is -3.59. The van der Waals surface area contributed by atoms with E-state index in [1.165, 1.54) is 37.4 Å². The van der Waals surface area contributed by atoms with Gasteiger partial charge in [-0.05, 0) is 53.6 Å². The molecule has 3 aromatic carbocycles. The molecule has 5 nitrogen and oxygen atoms in total. The van der Waals surface area contributed by atoms with Crippen LogP contribution in [0, 0.1) is 11.2 Å². The topological polar surface area (TPSA) is 85.6 Å². The molecule has 0 spiro atoms. The third-order valence-corrected chi connectivity index (χ3v) is 4.46. The van der Waals surface area contributed by atoms with Gasteiger partial charge >= 0.3 is 6.18 Å². The lowest BCUT2D eigenvalue weighted by molar-refractivity contribution is -0.137. The average Bonchev–Trinajstić information content (AvgIpc) is 2.72. The van der Waals surface area contributed by atoms with Gasteiger partial charge in [-0.15, -0.1) is 0 Å². The lowest BCUT2D eigenvalue weighted by Crippen LogP contribution is -2.21. The second-order valence-corrected chi connectivity index (χ2v) is 6.32. The molecular weight excluding hydrogens is 404 g/mol. The SMILES string of the molecule is COc1ccc(F)cc1-c1c(C(=N)NO)cc(C(F)(F)F)cc1-c1ccc(O)cc1. The van der Waals surface area contributed by atoms with E-state index in [-0.39, 0.29) is 39.3 Å². The van der Waals surface area contributed by atoms with Crippen molar-refractivity contribution in [3.05, 3.63) is 71.5 Å². The number of hydrogen-bond acceptors (Lipinski definition) is 4. The number of halogens is 4. The molecule has 4 N–H and O–H groups in total. The molecule has 0 saturated carbocycles. The molecule has 0 aliphatic heterocycles. The van der Waals surface area contributed by atoms with Crippen molar-refractivity contribution in [1.82, 2.24) is 5.48 Å². The largest absolute Gasteiger partial charge is 0.508 e. The zero-order valence-electron chi connectivity index (χ0n) is 15.5. The van der Waals surface area contributed by atoms with E-state index in [9.17, 15) is 27.9 Å². The van der Waals surface area contributed by atoms with Gasteiger partial charge < -0.3 is 9.84 Å². The lowest BCUT2D eigenvalue weighted by atomic mass is 9.87. The van der Waals surface area contributed by atoms with Crippen molar-refractivity contribution in [3.63, 3.8) is 0 Å². The van der Waals surface area contributed by atoms with E-state index in [4.69, 9.17) is 10.1 Å². The Morgan fingerprint density at radius 2 is 1.67 bits per heavy atom. The fraction of sp³-hybridized carbons (Fsp3) is 0.0952. The van der Waals surface area contributed by atoms with E-state index in [1.807, 2.05) is 0 Å². The summed E-state index contributed by atoms with van der Waals surface area (Å²) in [4.78, 5) is 0. The van der Waals surface area contributed by atoms with E-state index in [2.05, 4.69) is 0 Å². The van der Waals surface area contributed by atoms with Gasteiger partial charge in [0.15, 0.2) is 0 Å². The van der Waals surface area contributed by atoms with Gasteiger partial charge in [0, 0.05) is 16.7 Å². The van der Waals surface area contributed by atoms with Gasteiger partial charge in [-0.2, -0.15) is 13.2 Å². The molecule has 3 aromatic rings. The predicted molar refractivity (Wildman–Crippen MR) is 102 cm³/mol. The maximum absolute atomic E-state index is 14.1. The minimum Gasteiger partial charge on any atom is -0.508 e. The minimum absolute atomic E-state index is 0.00345. The highest BCUT2D eigenvalue weighted by Crippen LogP contribution is 2.43. The van der Waals surface area contributed by atoms with Crippen molar-refractivity contribution in [2.24, 2.45) is 0 Å². The summed E-state index contributed by atoms with van der Waals surface area (Å²) in [6.07, 6.45) is -4.75. The number of benzene rings is 3. The molecule has 30 heavy (non-hydrogen) atoms. The molecule has 0 bridgehead atoms. The Balaban J connectivity index is 2.48. The molecule has 0 atom stereocenters. The number of phenols is 1. The monoisotopic (exact) mass is 420 g/mol. The van der Waals surface area contributed by atoms with Crippen LogP contribution in [-0.2, 0) is 6.18 Å². The van der Waals surface area contributed by atoms with Crippen molar-refractivity contribution in [3.8, 4) is 33.8 Å². The number of ether oxygens (including phenoxy) is 1. The van der Waals surface area contributed by atoms with Crippen LogP contribution < -0.4 is 10.2 Å². The molecule has 0 aliphatic carbocycles. The predicted octanol–water partition coefficient (Wildman–Crippen LogP) is 5.20. The van der Waals surface area contributed by atoms with Crippen LogP contribution in [-0.4, -0.2) is 23.3 Å². The Kier molecular flexibility index (Phi) is 5.66. The summed E-state index contributed by atoms with van der Waals surface area (Å²) in [6.45, 7) is 0. The van der Waals surface area contributed by atoms with Crippen LogP contribution in [0.4, 0.5) is 17.6 Å². The highest BCUT2D eigenvalue weighted by atomic mass is 19.4. The summed E-state index contributed by atoms with van der Waals surface area (Å²) in [5.74, 6) is -1.33. The van der Waals surface area contributed by atoms with Gasteiger partial charge in [-0.1, -0.05) is 12.1 Å². The van der Waals surface area contributed by atoms with Crippen LogP contribution in [0.15, 0.2) is 54.6 Å². The van der Waals surface area contributed by atoms with Crippen molar-refractivity contribution in [2.75, 3.05) is 7.11 Å². The minimum atomic E-state index is -4.75. The van der Waals surface area contributed by atoms with E-state index in [0.29, 0.717) is 6.07 Å². The Labute approximate surface area is 168 Å². The molecule has 0 aliphatic rings. The summed E-state index contributed by atoms with van der Waals surface area (Å²) in [5, 5.41) is 26.7. The second kappa shape index (κ2) is 8.03. The summed E-state index contributed by atoms with van der Waals surface area (Å²) in [6, 6.07) is 10.4. The Bertz CT molecular complexity index is 1100. The number of rotatable bonds is 4. The number of nitrogens with one attached hydrogen (secondary N) is 2. The molecule has 9 heteroatoms. The highest BCUT2D eigenvalue weighted by molar-refractivity contribution is 6.06. The summed E-state index contributed by atoms with van der Waals surface area (Å²) in [7, 11) is 1.32. The zero-order chi connectivity index (χ0) is 22.1. The number of amidine groups is 1. The molecule has 3 rings (SSSR count). The van der Waals surface area contributed by atoms with E-state index >= 15 is 0 Å². The normalized spacial score (nSPS) is 11.3. The quantitative estimate of drug-likeness (QED) is 0.202. The van der Waals surface area contributed by atoms with Crippen LogP contribution in [0.25, 0.3) is 22.3 Å². The number of hydrogen-bond donors (Lipinski definition) is 4. The second-order valence-electron chi connectivity index (χ2n) is 6.32. The lowest BCUT2D eigenvalue weighted by Gasteiger charge is -2.21. The van der Waals surface area contributed by atoms with Crippen molar-refractivity contribution in [2.45, 2.75) is 6.18 Å². The number of phenolic OH excluding ortho intramolecular Hbond substituents is 1. The standard InChI is InChI=1S/C21H16F4N2O3/c1-30-18-7-4-13(22)10-16(18)19-15(11-2-5-14(28)6-3-11)8-12(21(23,24)25)9-17(19)20(26)27-29/h2-10,28-29H,1H3,(H2,26,27). The molecule has 0 heterocycles. The van der Waals surface area contributed by atoms with Gasteiger partial charge in [-0.25, -0.2) is 4.39 Å². The highest BCUT2D eigenvalue weighted by Gasteiger charge is 2.33. The number of hydroxylamine groups is 1. The third-order valence-electron chi connectivity index (χ3n) is 4.46. The molecular formula is C21H16F4N2O3. The van der Waals surface area contributed by atoms with Crippen molar-refractivity contribution in [1.29, 1.82) is 5.41 Å². The van der Waals surface area contributed by atoms with Crippen LogP contribution >= 0.6 is 0 Å². The van der Waals surface area contributed by atoms with Gasteiger partial charge in [0.05, 0.1) is 12.7 Å². The number of aromatic hydroxyl groups is 1. The van der Waals surface area contributed by atoms with Crippen LogP contribution in [0.5, 0.6) is 11.5 Å². The number of alkyl halides is 3. The molecule has 0 saturated heterocycles.